The summed E-state index contributed by atoms with van der Waals surface area (Å²) in [5, 5.41) is 0. The van der Waals surface area contributed by atoms with Crippen LogP contribution < -0.4 is 17.2 Å². The van der Waals surface area contributed by atoms with Crippen LogP contribution in [0.2, 0.25) is 0 Å². The first-order chi connectivity index (χ1) is 6.50. The van der Waals surface area contributed by atoms with Gasteiger partial charge in [0.1, 0.15) is 0 Å². The summed E-state index contributed by atoms with van der Waals surface area (Å²) in [6.45, 7) is 0.395. The second-order valence-corrected chi connectivity index (χ2v) is 4.04. The van der Waals surface area contributed by atoms with Gasteiger partial charge in [0, 0.05) is 0 Å². The lowest BCUT2D eigenvalue weighted by Gasteiger charge is -2.23. The number of carbonyl (C=O) groups excluding carboxylic acids is 1. The fraction of sp³-hybridized carbons (Fsp3) is 0.889. The molecule has 1 aliphatic rings. The fourth-order valence-corrected chi connectivity index (χ4v) is 1.67. The zero-order valence-corrected chi connectivity index (χ0v) is 8.37. The maximum atomic E-state index is 11.1. The van der Waals surface area contributed by atoms with Gasteiger partial charge in [0.2, 0.25) is 5.79 Å². The van der Waals surface area contributed by atoms with Crippen LogP contribution in [-0.2, 0) is 9.53 Å². The summed E-state index contributed by atoms with van der Waals surface area (Å²) in [5.41, 5.74) is 15.5. The first kappa shape index (κ1) is 11.4. The smallest absolute Gasteiger partial charge is 0.356 e. The molecule has 1 fully saturated rings. The van der Waals surface area contributed by atoms with Crippen LogP contribution in [0.4, 0.5) is 0 Å². The number of ether oxygens (including phenoxy) is 1. The van der Waals surface area contributed by atoms with Crippen molar-refractivity contribution in [3.8, 4) is 0 Å². The van der Waals surface area contributed by atoms with Crippen LogP contribution in [0.5, 0.6) is 0 Å². The van der Waals surface area contributed by atoms with Crippen molar-refractivity contribution in [1.29, 1.82) is 0 Å². The average molecular weight is 201 g/mol. The highest BCUT2D eigenvalue weighted by Gasteiger charge is 2.26. The van der Waals surface area contributed by atoms with Crippen molar-refractivity contribution in [1.82, 2.24) is 0 Å². The number of hydrogen-bond acceptors (Lipinski definition) is 5. The molecule has 0 spiro atoms. The van der Waals surface area contributed by atoms with Crippen LogP contribution >= 0.6 is 0 Å². The Morgan fingerprint density at radius 2 is 1.79 bits per heavy atom. The van der Waals surface area contributed by atoms with E-state index in [1.807, 2.05) is 0 Å². The molecule has 0 aliphatic heterocycles. The molecule has 1 rings (SSSR count). The lowest BCUT2D eigenvalue weighted by molar-refractivity contribution is -0.151. The molecule has 0 bridgehead atoms. The van der Waals surface area contributed by atoms with Crippen LogP contribution in [0.3, 0.4) is 0 Å². The van der Waals surface area contributed by atoms with E-state index in [9.17, 15) is 4.79 Å². The molecule has 5 heteroatoms. The number of esters is 1. The van der Waals surface area contributed by atoms with Crippen molar-refractivity contribution in [3.63, 3.8) is 0 Å². The molecule has 14 heavy (non-hydrogen) atoms. The van der Waals surface area contributed by atoms with E-state index in [1.54, 1.807) is 0 Å². The molecule has 1 saturated carbocycles. The minimum Gasteiger partial charge on any atom is -0.462 e. The van der Waals surface area contributed by atoms with Crippen LogP contribution in [0.1, 0.15) is 32.1 Å². The quantitative estimate of drug-likeness (QED) is 0.427. The highest BCUT2D eigenvalue weighted by Crippen LogP contribution is 2.23. The average Bonchev–Trinajstić information content (AvgIpc) is 2.14. The lowest BCUT2D eigenvalue weighted by Crippen LogP contribution is -2.64. The Bertz CT molecular complexity index is 195. The van der Waals surface area contributed by atoms with Crippen molar-refractivity contribution in [2.24, 2.45) is 23.1 Å². The molecule has 1 aliphatic carbocycles. The standard InChI is InChI=1S/C9H19N3O2/c10-9(11,12)8(13)14-6-7-4-2-1-3-5-7/h7H,1-6,10-12H2. The van der Waals surface area contributed by atoms with Crippen molar-refractivity contribution in [2.45, 2.75) is 37.9 Å². The van der Waals surface area contributed by atoms with Crippen molar-refractivity contribution in [3.05, 3.63) is 0 Å². The summed E-state index contributed by atoms with van der Waals surface area (Å²) in [4.78, 5) is 11.1. The lowest BCUT2D eigenvalue weighted by atomic mass is 9.90. The van der Waals surface area contributed by atoms with Gasteiger partial charge >= 0.3 is 5.97 Å². The monoisotopic (exact) mass is 201 g/mol. The van der Waals surface area contributed by atoms with Crippen molar-refractivity contribution >= 4 is 5.97 Å². The molecule has 0 radical (unpaired) electrons. The summed E-state index contributed by atoms with van der Waals surface area (Å²) < 4.78 is 4.93. The third-order valence-electron chi connectivity index (χ3n) is 2.53. The number of carbonyl (C=O) groups is 1. The topological polar surface area (TPSA) is 104 Å². The van der Waals surface area contributed by atoms with Crippen LogP contribution in [0.25, 0.3) is 0 Å². The zero-order valence-electron chi connectivity index (χ0n) is 8.37. The van der Waals surface area contributed by atoms with Crippen LogP contribution in [-0.4, -0.2) is 18.4 Å². The Labute approximate surface area is 83.9 Å². The van der Waals surface area contributed by atoms with Gasteiger partial charge in [-0.25, -0.2) is 4.79 Å². The van der Waals surface area contributed by atoms with E-state index >= 15 is 0 Å². The third kappa shape index (κ3) is 3.61. The highest BCUT2D eigenvalue weighted by molar-refractivity contribution is 5.78. The van der Waals surface area contributed by atoms with E-state index in [1.165, 1.54) is 19.3 Å². The Kier molecular flexibility index (Phi) is 3.86. The number of nitrogens with two attached hydrogens (primary N) is 3. The van der Waals surface area contributed by atoms with E-state index in [0.29, 0.717) is 12.5 Å². The van der Waals surface area contributed by atoms with Gasteiger partial charge in [-0.2, -0.15) is 0 Å². The highest BCUT2D eigenvalue weighted by atomic mass is 16.5. The predicted octanol–water partition coefficient (Wildman–Crippen LogP) is -0.360. The summed E-state index contributed by atoms with van der Waals surface area (Å²) >= 11 is 0. The molecule has 0 amide bonds. The first-order valence-electron chi connectivity index (χ1n) is 5.04. The van der Waals surface area contributed by atoms with E-state index in [4.69, 9.17) is 21.9 Å². The molecule has 0 aromatic heterocycles. The molecule has 5 nitrogen and oxygen atoms in total. The Hall–Kier alpha value is -0.650. The van der Waals surface area contributed by atoms with Crippen LogP contribution in [0.15, 0.2) is 0 Å². The Balaban J connectivity index is 2.22. The molecule has 0 atom stereocenters. The number of hydrogen-bond donors (Lipinski definition) is 3. The van der Waals surface area contributed by atoms with E-state index in [-0.39, 0.29) is 0 Å². The number of rotatable bonds is 3. The minimum atomic E-state index is -1.85. The second kappa shape index (κ2) is 4.72. The molecule has 0 aromatic rings. The summed E-state index contributed by atoms with van der Waals surface area (Å²) in [6, 6.07) is 0. The minimum absolute atomic E-state index is 0.395. The van der Waals surface area contributed by atoms with Gasteiger partial charge in [0.05, 0.1) is 6.61 Å². The fourth-order valence-electron chi connectivity index (χ4n) is 1.67. The van der Waals surface area contributed by atoms with Crippen molar-refractivity contribution in [2.75, 3.05) is 6.61 Å². The van der Waals surface area contributed by atoms with Gasteiger partial charge in [-0.3, -0.25) is 17.2 Å². The predicted molar refractivity (Wildman–Crippen MR) is 52.8 cm³/mol. The second-order valence-electron chi connectivity index (χ2n) is 4.04. The maximum absolute atomic E-state index is 11.1. The van der Waals surface area contributed by atoms with E-state index in [2.05, 4.69) is 0 Å². The largest absolute Gasteiger partial charge is 0.462 e. The molecule has 82 valence electrons. The summed E-state index contributed by atoms with van der Waals surface area (Å²) in [6.07, 6.45) is 5.92. The molecule has 0 aromatic carbocycles. The summed E-state index contributed by atoms with van der Waals surface area (Å²) in [5.74, 6) is -2.13. The Morgan fingerprint density at radius 3 is 2.29 bits per heavy atom. The molecule has 0 saturated heterocycles. The molecular formula is C9H19N3O2. The van der Waals surface area contributed by atoms with Gasteiger partial charge < -0.3 is 4.74 Å². The Morgan fingerprint density at radius 1 is 1.21 bits per heavy atom. The first-order valence-corrected chi connectivity index (χ1v) is 5.04. The normalized spacial score (nSPS) is 19.4. The molecular weight excluding hydrogens is 182 g/mol. The van der Waals surface area contributed by atoms with Crippen molar-refractivity contribution < 1.29 is 9.53 Å². The maximum Gasteiger partial charge on any atom is 0.356 e. The molecule has 0 heterocycles. The van der Waals surface area contributed by atoms with Gasteiger partial charge in [-0.1, -0.05) is 19.3 Å². The van der Waals surface area contributed by atoms with Gasteiger partial charge in [-0.05, 0) is 18.8 Å². The third-order valence-corrected chi connectivity index (χ3v) is 2.53. The van der Waals surface area contributed by atoms with Gasteiger partial charge in [0.15, 0.2) is 0 Å². The van der Waals surface area contributed by atoms with E-state index < -0.39 is 11.8 Å². The van der Waals surface area contributed by atoms with Gasteiger partial charge in [-0.15, -0.1) is 0 Å². The van der Waals surface area contributed by atoms with E-state index in [0.717, 1.165) is 12.8 Å². The molecule has 0 unspecified atom stereocenters. The zero-order chi connectivity index (χ0) is 10.6. The molecule has 6 N–H and O–H groups in total. The van der Waals surface area contributed by atoms with Crippen LogP contribution in [0, 0.1) is 5.92 Å². The SMILES string of the molecule is NC(N)(N)C(=O)OCC1CCCCC1. The summed E-state index contributed by atoms with van der Waals surface area (Å²) in [7, 11) is 0. The van der Waals surface area contributed by atoms with Gasteiger partial charge in [0.25, 0.3) is 0 Å².